The molecular weight excluding hydrogens is 262 g/mol. The van der Waals surface area contributed by atoms with Crippen LogP contribution < -0.4 is 10.9 Å². The highest BCUT2D eigenvalue weighted by atomic mass is 32.1. The van der Waals surface area contributed by atoms with Gasteiger partial charge in [-0.15, -0.1) is 11.3 Å². The number of carbonyl (C=O) groups excluding carboxylic acids is 1. The van der Waals surface area contributed by atoms with Crippen LogP contribution in [0.2, 0.25) is 0 Å². The fraction of sp³-hybridized carbons (Fsp3) is 0. The Bertz CT molecular complexity index is 793. The van der Waals surface area contributed by atoms with E-state index in [9.17, 15) is 9.59 Å². The number of amides is 1. The topological polar surface area (TPSA) is 74.8 Å². The van der Waals surface area contributed by atoms with Gasteiger partial charge < -0.3 is 10.3 Å². The number of anilines is 1. The Kier molecular flexibility index (Phi) is 2.85. The number of nitrogens with zero attached hydrogens (tertiary/aromatic N) is 1. The molecular formula is C13H9N3O2S. The van der Waals surface area contributed by atoms with Crippen molar-refractivity contribution in [2.75, 3.05) is 5.32 Å². The van der Waals surface area contributed by atoms with E-state index in [0.29, 0.717) is 21.5 Å². The molecule has 0 saturated carbocycles. The first-order chi connectivity index (χ1) is 9.24. The first-order valence-corrected chi connectivity index (χ1v) is 6.44. The van der Waals surface area contributed by atoms with Crippen LogP contribution in [0.4, 0.5) is 5.69 Å². The van der Waals surface area contributed by atoms with Crippen LogP contribution in [0.15, 0.2) is 46.8 Å². The van der Waals surface area contributed by atoms with Gasteiger partial charge in [0.15, 0.2) is 0 Å². The van der Waals surface area contributed by atoms with Gasteiger partial charge in [0, 0.05) is 5.69 Å². The van der Waals surface area contributed by atoms with E-state index in [4.69, 9.17) is 0 Å². The molecule has 2 N–H and O–H groups in total. The van der Waals surface area contributed by atoms with Crippen LogP contribution in [-0.2, 0) is 0 Å². The third-order valence-electron chi connectivity index (χ3n) is 2.64. The Hall–Kier alpha value is -2.47. The summed E-state index contributed by atoms with van der Waals surface area (Å²) in [4.78, 5) is 30.7. The second-order valence-electron chi connectivity index (χ2n) is 3.90. The number of benzene rings is 1. The molecule has 0 bridgehead atoms. The van der Waals surface area contributed by atoms with Crippen LogP contribution in [0.3, 0.4) is 0 Å². The Balaban J connectivity index is 1.96. The summed E-state index contributed by atoms with van der Waals surface area (Å²) in [5, 5.41) is 5.04. The lowest BCUT2D eigenvalue weighted by Crippen LogP contribution is -2.11. The SMILES string of the molecule is O=C(Nc1ccc2nc[nH]c(=O)c2c1)c1cccs1. The standard InChI is InChI=1S/C13H9N3O2S/c17-12-9-6-8(3-4-10(9)14-7-15-12)16-13(18)11-2-1-5-19-11/h1-7H,(H,16,18)(H,14,15,17). The maximum Gasteiger partial charge on any atom is 0.265 e. The number of hydrogen-bond donors (Lipinski definition) is 2. The second kappa shape index (κ2) is 4.66. The van der Waals surface area contributed by atoms with Crippen LogP contribution in [-0.4, -0.2) is 15.9 Å². The summed E-state index contributed by atoms with van der Waals surface area (Å²) >= 11 is 1.36. The zero-order chi connectivity index (χ0) is 13.2. The zero-order valence-corrected chi connectivity index (χ0v) is 10.5. The number of thiophene rings is 1. The molecule has 1 aromatic carbocycles. The van der Waals surface area contributed by atoms with E-state index in [1.54, 1.807) is 24.3 Å². The highest BCUT2D eigenvalue weighted by Gasteiger charge is 2.08. The van der Waals surface area contributed by atoms with Gasteiger partial charge in [-0.05, 0) is 29.6 Å². The summed E-state index contributed by atoms with van der Waals surface area (Å²) in [5.74, 6) is -0.185. The minimum absolute atomic E-state index is 0.185. The number of carbonyl (C=O) groups is 1. The van der Waals surface area contributed by atoms with Crippen molar-refractivity contribution < 1.29 is 4.79 Å². The minimum atomic E-state index is -0.225. The monoisotopic (exact) mass is 271 g/mol. The molecule has 19 heavy (non-hydrogen) atoms. The molecule has 0 saturated heterocycles. The third kappa shape index (κ3) is 2.25. The van der Waals surface area contributed by atoms with Crippen LogP contribution >= 0.6 is 11.3 Å². The minimum Gasteiger partial charge on any atom is -0.321 e. The number of rotatable bonds is 2. The summed E-state index contributed by atoms with van der Waals surface area (Å²) in [7, 11) is 0. The lowest BCUT2D eigenvalue weighted by Gasteiger charge is -2.04. The summed E-state index contributed by atoms with van der Waals surface area (Å²) in [6, 6.07) is 8.60. The number of aromatic amines is 1. The second-order valence-corrected chi connectivity index (χ2v) is 4.84. The molecule has 0 atom stereocenters. The highest BCUT2D eigenvalue weighted by molar-refractivity contribution is 7.12. The molecule has 2 aromatic heterocycles. The first kappa shape index (κ1) is 11.6. The van der Waals surface area contributed by atoms with Crippen molar-refractivity contribution in [3.8, 4) is 0 Å². The smallest absolute Gasteiger partial charge is 0.265 e. The molecule has 2 heterocycles. The molecule has 0 aliphatic carbocycles. The maximum atomic E-state index is 11.9. The molecule has 6 heteroatoms. The molecule has 94 valence electrons. The average Bonchev–Trinajstić information content (AvgIpc) is 2.94. The molecule has 0 aliphatic heterocycles. The van der Waals surface area contributed by atoms with E-state index in [0.717, 1.165) is 0 Å². The van der Waals surface area contributed by atoms with E-state index in [2.05, 4.69) is 15.3 Å². The van der Waals surface area contributed by atoms with Crippen LogP contribution in [0.5, 0.6) is 0 Å². The van der Waals surface area contributed by atoms with Crippen LogP contribution in [0.25, 0.3) is 10.9 Å². The van der Waals surface area contributed by atoms with Crippen molar-refractivity contribution in [2.24, 2.45) is 0 Å². The van der Waals surface area contributed by atoms with Crippen molar-refractivity contribution in [3.63, 3.8) is 0 Å². The average molecular weight is 271 g/mol. The number of aromatic nitrogens is 2. The van der Waals surface area contributed by atoms with E-state index in [1.807, 2.05) is 11.4 Å². The summed E-state index contributed by atoms with van der Waals surface area (Å²) in [5.41, 5.74) is 0.944. The molecule has 0 fully saturated rings. The summed E-state index contributed by atoms with van der Waals surface area (Å²) < 4.78 is 0. The largest absolute Gasteiger partial charge is 0.321 e. The fourth-order valence-electron chi connectivity index (χ4n) is 1.75. The van der Waals surface area contributed by atoms with Crippen molar-refractivity contribution in [1.29, 1.82) is 0 Å². The van der Waals surface area contributed by atoms with Gasteiger partial charge in [-0.2, -0.15) is 0 Å². The van der Waals surface area contributed by atoms with Crippen molar-refractivity contribution in [1.82, 2.24) is 9.97 Å². The molecule has 3 rings (SSSR count). The maximum absolute atomic E-state index is 11.9. The fourth-order valence-corrected chi connectivity index (χ4v) is 2.37. The van der Waals surface area contributed by atoms with Crippen LogP contribution in [0, 0.1) is 0 Å². The predicted molar refractivity (Wildman–Crippen MR) is 74.6 cm³/mol. The van der Waals surface area contributed by atoms with Gasteiger partial charge in [-0.1, -0.05) is 6.07 Å². The van der Waals surface area contributed by atoms with Gasteiger partial charge in [0.1, 0.15) is 0 Å². The lowest BCUT2D eigenvalue weighted by molar-refractivity contribution is 0.103. The molecule has 5 nitrogen and oxygen atoms in total. The highest BCUT2D eigenvalue weighted by Crippen LogP contribution is 2.16. The van der Waals surface area contributed by atoms with E-state index >= 15 is 0 Å². The Morgan fingerprint density at radius 2 is 2.21 bits per heavy atom. The molecule has 0 aliphatic rings. The molecule has 0 spiro atoms. The van der Waals surface area contributed by atoms with E-state index in [1.165, 1.54) is 17.7 Å². The number of H-pyrrole nitrogens is 1. The normalized spacial score (nSPS) is 10.5. The molecule has 0 radical (unpaired) electrons. The zero-order valence-electron chi connectivity index (χ0n) is 9.71. The molecule has 0 unspecified atom stereocenters. The van der Waals surface area contributed by atoms with Gasteiger partial charge in [0.05, 0.1) is 22.1 Å². The van der Waals surface area contributed by atoms with Crippen molar-refractivity contribution in [2.45, 2.75) is 0 Å². The van der Waals surface area contributed by atoms with Crippen molar-refractivity contribution >= 4 is 33.8 Å². The number of hydrogen-bond acceptors (Lipinski definition) is 4. The van der Waals surface area contributed by atoms with Gasteiger partial charge in [0.25, 0.3) is 11.5 Å². The third-order valence-corrected chi connectivity index (χ3v) is 3.51. The first-order valence-electron chi connectivity index (χ1n) is 5.56. The Labute approximate surface area is 111 Å². The Morgan fingerprint density at radius 3 is 3.00 bits per heavy atom. The quantitative estimate of drug-likeness (QED) is 0.750. The molecule has 3 aromatic rings. The van der Waals surface area contributed by atoms with E-state index in [-0.39, 0.29) is 11.5 Å². The van der Waals surface area contributed by atoms with Gasteiger partial charge in [0.2, 0.25) is 0 Å². The van der Waals surface area contributed by atoms with Gasteiger partial charge in [-0.25, -0.2) is 4.98 Å². The van der Waals surface area contributed by atoms with Crippen molar-refractivity contribution in [3.05, 3.63) is 57.3 Å². The van der Waals surface area contributed by atoms with E-state index < -0.39 is 0 Å². The van der Waals surface area contributed by atoms with Crippen LogP contribution in [0.1, 0.15) is 9.67 Å². The number of fused-ring (bicyclic) bond motifs is 1. The molecule has 1 amide bonds. The van der Waals surface area contributed by atoms with Gasteiger partial charge in [-0.3, -0.25) is 9.59 Å². The summed E-state index contributed by atoms with van der Waals surface area (Å²) in [6.45, 7) is 0. The summed E-state index contributed by atoms with van der Waals surface area (Å²) in [6.07, 6.45) is 1.36. The Morgan fingerprint density at radius 1 is 1.32 bits per heavy atom. The predicted octanol–water partition coefficient (Wildman–Crippen LogP) is 2.24. The lowest BCUT2D eigenvalue weighted by atomic mass is 10.2. The number of nitrogens with one attached hydrogen (secondary N) is 2. The van der Waals surface area contributed by atoms with Gasteiger partial charge >= 0.3 is 0 Å².